The summed E-state index contributed by atoms with van der Waals surface area (Å²) in [5, 5.41) is 0. The van der Waals surface area contributed by atoms with Crippen LogP contribution in [0.5, 0.6) is 0 Å². The molecular formula is C12H17F2NO. The highest BCUT2D eigenvalue weighted by Crippen LogP contribution is 2.26. The Morgan fingerprint density at radius 2 is 2.00 bits per heavy atom. The van der Waals surface area contributed by atoms with Crippen molar-refractivity contribution in [3.05, 3.63) is 35.4 Å². The highest BCUT2D eigenvalue weighted by molar-refractivity contribution is 5.22. The first kappa shape index (κ1) is 13.1. The molecule has 1 aromatic carbocycles. The van der Waals surface area contributed by atoms with Crippen LogP contribution in [0.1, 0.15) is 31.9 Å². The molecule has 0 bridgehead atoms. The van der Waals surface area contributed by atoms with Crippen LogP contribution < -0.4 is 5.73 Å². The first-order valence-electron chi connectivity index (χ1n) is 5.11. The summed E-state index contributed by atoms with van der Waals surface area (Å²) >= 11 is 0. The molecule has 0 radical (unpaired) electrons. The number of nitrogens with two attached hydrogens (primary N) is 1. The van der Waals surface area contributed by atoms with Crippen LogP contribution in [-0.2, 0) is 4.74 Å². The summed E-state index contributed by atoms with van der Waals surface area (Å²) in [6.07, 6.45) is 0.421. The summed E-state index contributed by atoms with van der Waals surface area (Å²) in [5.74, 6) is -0.970. The summed E-state index contributed by atoms with van der Waals surface area (Å²) in [4.78, 5) is 0. The van der Waals surface area contributed by atoms with Crippen LogP contribution in [0.15, 0.2) is 18.2 Å². The third kappa shape index (κ3) is 3.25. The van der Waals surface area contributed by atoms with Crippen molar-refractivity contribution in [2.75, 3.05) is 7.11 Å². The standard InChI is InChI=1S/C12H17F2NO/c1-12(2,16-3)7-11(15)9-6-8(13)4-5-10(9)14/h4-6,11H,7,15H2,1-3H3. The summed E-state index contributed by atoms with van der Waals surface area (Å²) in [6.45, 7) is 3.70. The topological polar surface area (TPSA) is 35.2 Å². The molecule has 90 valence electrons. The third-order valence-electron chi connectivity index (χ3n) is 2.62. The molecule has 1 rings (SSSR count). The second-order valence-corrected chi connectivity index (χ2v) is 4.44. The van der Waals surface area contributed by atoms with Gasteiger partial charge in [-0.15, -0.1) is 0 Å². The molecule has 0 amide bonds. The maximum Gasteiger partial charge on any atom is 0.128 e. The van der Waals surface area contributed by atoms with Crippen molar-refractivity contribution in [3.8, 4) is 0 Å². The molecule has 0 aliphatic heterocycles. The van der Waals surface area contributed by atoms with Crippen LogP contribution in [0.25, 0.3) is 0 Å². The first-order valence-corrected chi connectivity index (χ1v) is 5.11. The number of methoxy groups -OCH3 is 1. The minimum absolute atomic E-state index is 0.185. The maximum atomic E-state index is 13.4. The van der Waals surface area contributed by atoms with Crippen molar-refractivity contribution in [3.63, 3.8) is 0 Å². The van der Waals surface area contributed by atoms with Gasteiger partial charge in [-0.2, -0.15) is 0 Å². The van der Waals surface area contributed by atoms with E-state index in [-0.39, 0.29) is 5.56 Å². The highest BCUT2D eigenvalue weighted by atomic mass is 19.1. The molecule has 1 atom stereocenters. The van der Waals surface area contributed by atoms with Gasteiger partial charge in [-0.3, -0.25) is 0 Å². The van der Waals surface area contributed by atoms with Crippen molar-refractivity contribution in [2.45, 2.75) is 31.9 Å². The number of ether oxygens (including phenoxy) is 1. The maximum absolute atomic E-state index is 13.4. The van der Waals surface area contributed by atoms with Crippen molar-refractivity contribution >= 4 is 0 Å². The Morgan fingerprint density at radius 3 is 2.56 bits per heavy atom. The van der Waals surface area contributed by atoms with Crippen LogP contribution in [0, 0.1) is 11.6 Å². The predicted molar refractivity (Wildman–Crippen MR) is 59.0 cm³/mol. The average molecular weight is 229 g/mol. The first-order chi connectivity index (χ1) is 7.35. The minimum Gasteiger partial charge on any atom is -0.379 e. The predicted octanol–water partition coefficient (Wildman–Crippen LogP) is 2.78. The lowest BCUT2D eigenvalue weighted by atomic mass is 9.94. The van der Waals surface area contributed by atoms with E-state index in [1.165, 1.54) is 0 Å². The van der Waals surface area contributed by atoms with Crippen LogP contribution in [-0.4, -0.2) is 12.7 Å². The SMILES string of the molecule is COC(C)(C)CC(N)c1cc(F)ccc1F. The van der Waals surface area contributed by atoms with Gasteiger partial charge in [0.2, 0.25) is 0 Å². The zero-order chi connectivity index (χ0) is 12.3. The van der Waals surface area contributed by atoms with E-state index in [9.17, 15) is 8.78 Å². The Morgan fingerprint density at radius 1 is 1.38 bits per heavy atom. The molecule has 4 heteroatoms. The zero-order valence-corrected chi connectivity index (χ0v) is 9.76. The van der Waals surface area contributed by atoms with Crippen LogP contribution in [0.4, 0.5) is 8.78 Å². The van der Waals surface area contributed by atoms with Gasteiger partial charge in [0, 0.05) is 18.7 Å². The molecule has 16 heavy (non-hydrogen) atoms. The smallest absolute Gasteiger partial charge is 0.128 e. The Kier molecular flexibility index (Phi) is 3.99. The van der Waals surface area contributed by atoms with Gasteiger partial charge in [0.25, 0.3) is 0 Å². The van der Waals surface area contributed by atoms with Gasteiger partial charge in [-0.25, -0.2) is 8.78 Å². The van der Waals surface area contributed by atoms with E-state index in [1.54, 1.807) is 7.11 Å². The summed E-state index contributed by atoms with van der Waals surface area (Å²) in [6, 6.07) is 2.72. The van der Waals surface area contributed by atoms with E-state index < -0.39 is 23.3 Å². The molecule has 2 nitrogen and oxygen atoms in total. The third-order valence-corrected chi connectivity index (χ3v) is 2.62. The van der Waals surface area contributed by atoms with Crippen LogP contribution >= 0.6 is 0 Å². The molecule has 0 heterocycles. The van der Waals surface area contributed by atoms with Gasteiger partial charge in [0.05, 0.1) is 5.60 Å². The lowest BCUT2D eigenvalue weighted by Gasteiger charge is -2.26. The van der Waals surface area contributed by atoms with Crippen molar-refractivity contribution in [1.29, 1.82) is 0 Å². The average Bonchev–Trinajstić information content (AvgIpc) is 2.21. The van der Waals surface area contributed by atoms with Crippen molar-refractivity contribution < 1.29 is 13.5 Å². The lowest BCUT2D eigenvalue weighted by Crippen LogP contribution is -2.29. The van der Waals surface area contributed by atoms with Gasteiger partial charge in [0.1, 0.15) is 11.6 Å². The number of halogens is 2. The van der Waals surface area contributed by atoms with E-state index in [0.717, 1.165) is 18.2 Å². The van der Waals surface area contributed by atoms with Crippen LogP contribution in [0.3, 0.4) is 0 Å². The van der Waals surface area contributed by atoms with Gasteiger partial charge in [0.15, 0.2) is 0 Å². The normalized spacial score (nSPS) is 13.9. The minimum atomic E-state index is -0.578. The Labute approximate surface area is 94.4 Å². The molecule has 0 saturated heterocycles. The molecule has 0 saturated carbocycles. The van der Waals surface area contributed by atoms with Gasteiger partial charge < -0.3 is 10.5 Å². The fourth-order valence-electron chi connectivity index (χ4n) is 1.52. The van der Waals surface area contributed by atoms with Gasteiger partial charge in [-0.1, -0.05) is 0 Å². The molecule has 1 unspecified atom stereocenters. The van der Waals surface area contributed by atoms with E-state index in [2.05, 4.69) is 0 Å². The van der Waals surface area contributed by atoms with E-state index in [1.807, 2.05) is 13.8 Å². The molecule has 1 aromatic rings. The fourth-order valence-corrected chi connectivity index (χ4v) is 1.52. The van der Waals surface area contributed by atoms with Crippen LogP contribution in [0.2, 0.25) is 0 Å². The van der Waals surface area contributed by atoms with E-state index in [4.69, 9.17) is 10.5 Å². The highest BCUT2D eigenvalue weighted by Gasteiger charge is 2.23. The summed E-state index contributed by atoms with van der Waals surface area (Å²) < 4.78 is 31.6. The molecular weight excluding hydrogens is 212 g/mol. The Balaban J connectivity index is 2.88. The van der Waals surface area contributed by atoms with Gasteiger partial charge >= 0.3 is 0 Å². The number of hydrogen-bond acceptors (Lipinski definition) is 2. The molecule has 0 aromatic heterocycles. The monoisotopic (exact) mass is 229 g/mol. The second-order valence-electron chi connectivity index (χ2n) is 4.44. The van der Waals surface area contributed by atoms with E-state index in [0.29, 0.717) is 6.42 Å². The number of benzene rings is 1. The molecule has 0 spiro atoms. The van der Waals surface area contributed by atoms with Crippen molar-refractivity contribution in [1.82, 2.24) is 0 Å². The lowest BCUT2D eigenvalue weighted by molar-refractivity contribution is 0.00971. The van der Waals surface area contributed by atoms with E-state index >= 15 is 0 Å². The largest absolute Gasteiger partial charge is 0.379 e. The number of rotatable bonds is 4. The molecule has 0 aliphatic rings. The number of hydrogen-bond donors (Lipinski definition) is 1. The summed E-state index contributed by atoms with van der Waals surface area (Å²) in [7, 11) is 1.56. The quantitative estimate of drug-likeness (QED) is 0.861. The molecule has 0 aliphatic carbocycles. The fraction of sp³-hybridized carbons (Fsp3) is 0.500. The summed E-state index contributed by atoms with van der Waals surface area (Å²) in [5.41, 5.74) is 5.56. The Bertz CT molecular complexity index is 366. The zero-order valence-electron chi connectivity index (χ0n) is 9.76. The second kappa shape index (κ2) is 4.89. The molecule has 0 fully saturated rings. The molecule has 2 N–H and O–H groups in total. The van der Waals surface area contributed by atoms with Crippen molar-refractivity contribution in [2.24, 2.45) is 5.73 Å². The van der Waals surface area contributed by atoms with Gasteiger partial charge in [-0.05, 0) is 38.5 Å². The Hall–Kier alpha value is -1.00.